The first kappa shape index (κ1) is 23.0. The summed E-state index contributed by atoms with van der Waals surface area (Å²) in [6.07, 6.45) is 4.41. The van der Waals surface area contributed by atoms with Crippen molar-refractivity contribution in [2.45, 2.75) is 44.4 Å². The average molecular weight is 390 g/mol. The van der Waals surface area contributed by atoms with Crippen molar-refractivity contribution in [3.63, 3.8) is 0 Å². The number of methoxy groups -OCH3 is 1. The Bertz CT molecular complexity index is 671. The molecule has 0 aliphatic heterocycles. The van der Waals surface area contributed by atoms with Gasteiger partial charge in [-0.1, -0.05) is 30.3 Å². The van der Waals surface area contributed by atoms with Gasteiger partial charge < -0.3 is 25.2 Å². The molecule has 152 valence electrons. The fourth-order valence-corrected chi connectivity index (χ4v) is 2.31. The third-order valence-electron chi connectivity index (χ3n) is 3.75. The van der Waals surface area contributed by atoms with Gasteiger partial charge in [-0.15, -0.1) is 12.3 Å². The predicted octanol–water partition coefficient (Wildman–Crippen LogP) is 1.13. The van der Waals surface area contributed by atoms with Gasteiger partial charge in [0.25, 0.3) is 0 Å². The van der Waals surface area contributed by atoms with Crippen molar-refractivity contribution in [1.82, 2.24) is 10.6 Å². The van der Waals surface area contributed by atoms with Crippen LogP contribution in [0.3, 0.4) is 0 Å². The molecule has 0 aromatic heterocycles. The van der Waals surface area contributed by atoms with E-state index < -0.39 is 30.1 Å². The number of nitrogens with one attached hydrogen (secondary N) is 2. The van der Waals surface area contributed by atoms with Crippen LogP contribution in [0.5, 0.6) is 0 Å². The number of hydrogen-bond donors (Lipinski definition) is 3. The quantitative estimate of drug-likeness (QED) is 0.296. The first-order chi connectivity index (χ1) is 13.5. The van der Waals surface area contributed by atoms with E-state index in [-0.39, 0.29) is 19.6 Å². The van der Waals surface area contributed by atoms with Crippen LogP contribution in [0.25, 0.3) is 0 Å². The minimum atomic E-state index is -1.13. The molecule has 0 fully saturated rings. The van der Waals surface area contributed by atoms with Crippen LogP contribution in [0.1, 0.15) is 31.2 Å². The molecule has 0 saturated heterocycles. The standard InChI is InChI=1S/C20H26N2O6/c1-3-4-6-11-17(19(25)27-2)22-18(24)12-16(23)13-21-20(26)28-14-15-9-7-5-8-10-15/h1,5,7-10,16-17,23H,4,6,11-14H2,2H3,(H,21,26)(H,22,24)/t16-,17+/m0/s1. The molecule has 0 aliphatic rings. The second-order valence-electron chi connectivity index (χ2n) is 6.04. The molecule has 3 N–H and O–H groups in total. The third-order valence-corrected chi connectivity index (χ3v) is 3.75. The lowest BCUT2D eigenvalue weighted by atomic mass is 10.1. The van der Waals surface area contributed by atoms with Crippen molar-refractivity contribution in [3.05, 3.63) is 35.9 Å². The summed E-state index contributed by atoms with van der Waals surface area (Å²) < 4.78 is 9.66. The normalized spacial score (nSPS) is 12.2. The van der Waals surface area contributed by atoms with E-state index in [9.17, 15) is 19.5 Å². The van der Waals surface area contributed by atoms with Gasteiger partial charge in [0, 0.05) is 13.0 Å². The van der Waals surface area contributed by atoms with Gasteiger partial charge >= 0.3 is 12.1 Å². The van der Waals surface area contributed by atoms with Crippen molar-refractivity contribution in [3.8, 4) is 12.3 Å². The van der Waals surface area contributed by atoms with E-state index >= 15 is 0 Å². The molecule has 1 aromatic rings. The number of aliphatic hydroxyl groups excluding tert-OH is 1. The lowest BCUT2D eigenvalue weighted by Gasteiger charge is -2.17. The molecule has 8 heteroatoms. The molecule has 0 saturated carbocycles. The fourth-order valence-electron chi connectivity index (χ4n) is 2.31. The first-order valence-electron chi connectivity index (χ1n) is 8.89. The van der Waals surface area contributed by atoms with E-state index in [2.05, 4.69) is 21.3 Å². The monoisotopic (exact) mass is 390 g/mol. The molecular weight excluding hydrogens is 364 g/mol. The third kappa shape index (κ3) is 9.59. The smallest absolute Gasteiger partial charge is 0.407 e. The van der Waals surface area contributed by atoms with Crippen LogP contribution in [0, 0.1) is 12.3 Å². The van der Waals surface area contributed by atoms with Crippen LogP contribution in [0.15, 0.2) is 30.3 Å². The van der Waals surface area contributed by atoms with Gasteiger partial charge in [0.15, 0.2) is 0 Å². The zero-order valence-electron chi connectivity index (χ0n) is 15.8. The van der Waals surface area contributed by atoms with Crippen LogP contribution < -0.4 is 10.6 Å². The Morgan fingerprint density at radius 3 is 2.61 bits per heavy atom. The van der Waals surface area contributed by atoms with Gasteiger partial charge in [-0.2, -0.15) is 0 Å². The molecule has 0 heterocycles. The summed E-state index contributed by atoms with van der Waals surface area (Å²) in [5.41, 5.74) is 0.830. The van der Waals surface area contributed by atoms with Crippen molar-refractivity contribution in [1.29, 1.82) is 0 Å². The van der Waals surface area contributed by atoms with Crippen molar-refractivity contribution in [2.75, 3.05) is 13.7 Å². The Hall–Kier alpha value is -3.05. The number of rotatable bonds is 11. The molecule has 8 nitrogen and oxygen atoms in total. The topological polar surface area (TPSA) is 114 Å². The number of unbranched alkanes of at least 4 members (excludes halogenated alkanes) is 1. The maximum Gasteiger partial charge on any atom is 0.407 e. The van der Waals surface area contributed by atoms with E-state index in [4.69, 9.17) is 11.2 Å². The Morgan fingerprint density at radius 1 is 1.25 bits per heavy atom. The lowest BCUT2D eigenvalue weighted by Crippen LogP contribution is -2.43. The molecular formula is C20H26N2O6. The fraction of sp³-hybridized carbons (Fsp3) is 0.450. The van der Waals surface area contributed by atoms with Crippen LogP contribution in [-0.4, -0.2) is 48.9 Å². The number of benzene rings is 1. The van der Waals surface area contributed by atoms with Gasteiger partial charge in [0.05, 0.1) is 19.6 Å². The SMILES string of the molecule is C#CCCC[C@@H](NC(=O)C[C@H](O)CNC(=O)OCc1ccccc1)C(=O)OC. The molecule has 0 aliphatic carbocycles. The average Bonchev–Trinajstić information content (AvgIpc) is 2.70. The number of hydrogen-bond acceptors (Lipinski definition) is 6. The number of ether oxygens (including phenoxy) is 2. The minimum absolute atomic E-state index is 0.0989. The molecule has 0 unspecified atom stereocenters. The summed E-state index contributed by atoms with van der Waals surface area (Å²) in [7, 11) is 1.22. The van der Waals surface area contributed by atoms with Crippen molar-refractivity contribution < 1.29 is 29.0 Å². The summed E-state index contributed by atoms with van der Waals surface area (Å²) in [6.45, 7) is -0.0667. The summed E-state index contributed by atoms with van der Waals surface area (Å²) in [5.74, 6) is 1.34. The molecule has 28 heavy (non-hydrogen) atoms. The summed E-state index contributed by atoms with van der Waals surface area (Å²) >= 11 is 0. The number of terminal acetylenes is 1. The highest BCUT2D eigenvalue weighted by molar-refractivity contribution is 5.84. The van der Waals surface area contributed by atoms with Crippen LogP contribution in [-0.2, 0) is 25.7 Å². The number of esters is 1. The summed E-state index contributed by atoms with van der Waals surface area (Å²) in [6, 6.07) is 8.30. The number of carbonyl (C=O) groups is 3. The maximum atomic E-state index is 12.0. The molecule has 1 aromatic carbocycles. The maximum absolute atomic E-state index is 12.0. The predicted molar refractivity (Wildman–Crippen MR) is 102 cm³/mol. The number of alkyl carbamates (subject to hydrolysis) is 1. The Labute approximate surface area is 164 Å². The van der Waals surface area contributed by atoms with Gasteiger partial charge in [-0.25, -0.2) is 9.59 Å². The van der Waals surface area contributed by atoms with Crippen LogP contribution >= 0.6 is 0 Å². The lowest BCUT2D eigenvalue weighted by molar-refractivity contribution is -0.145. The van der Waals surface area contributed by atoms with Crippen LogP contribution in [0.2, 0.25) is 0 Å². The Morgan fingerprint density at radius 2 is 1.96 bits per heavy atom. The summed E-state index contributed by atoms with van der Waals surface area (Å²) in [4.78, 5) is 35.4. The van der Waals surface area contributed by atoms with E-state index in [1.54, 1.807) is 0 Å². The largest absolute Gasteiger partial charge is 0.467 e. The highest BCUT2D eigenvalue weighted by atomic mass is 16.5. The van der Waals surface area contributed by atoms with Crippen LogP contribution in [0.4, 0.5) is 4.79 Å². The number of aliphatic hydroxyl groups is 1. The zero-order chi connectivity index (χ0) is 20.8. The Kier molecular flexibility index (Phi) is 10.8. The minimum Gasteiger partial charge on any atom is -0.467 e. The molecule has 2 atom stereocenters. The zero-order valence-corrected chi connectivity index (χ0v) is 15.8. The molecule has 0 radical (unpaired) electrons. The second kappa shape index (κ2) is 13.2. The van der Waals surface area contributed by atoms with Gasteiger partial charge in [0.1, 0.15) is 12.6 Å². The summed E-state index contributed by atoms with van der Waals surface area (Å²) in [5, 5.41) is 14.8. The second-order valence-corrected chi connectivity index (χ2v) is 6.04. The molecule has 2 amide bonds. The highest BCUT2D eigenvalue weighted by Gasteiger charge is 2.22. The molecule has 0 spiro atoms. The number of carbonyl (C=O) groups excluding carboxylic acids is 3. The Balaban J connectivity index is 2.32. The van der Waals surface area contributed by atoms with Crippen molar-refractivity contribution >= 4 is 18.0 Å². The van der Waals surface area contributed by atoms with E-state index in [1.165, 1.54) is 7.11 Å². The van der Waals surface area contributed by atoms with Crippen molar-refractivity contribution in [2.24, 2.45) is 0 Å². The van der Waals surface area contributed by atoms with Gasteiger partial charge in [-0.3, -0.25) is 4.79 Å². The first-order valence-corrected chi connectivity index (χ1v) is 8.89. The molecule has 0 bridgehead atoms. The van der Waals surface area contributed by atoms with E-state index in [1.807, 2.05) is 30.3 Å². The van der Waals surface area contributed by atoms with Gasteiger partial charge in [-0.05, 0) is 18.4 Å². The van der Waals surface area contributed by atoms with E-state index in [0.29, 0.717) is 19.3 Å². The molecule has 1 rings (SSSR count). The van der Waals surface area contributed by atoms with Gasteiger partial charge in [0.2, 0.25) is 5.91 Å². The highest BCUT2D eigenvalue weighted by Crippen LogP contribution is 2.04. The number of amides is 2. The van der Waals surface area contributed by atoms with E-state index in [0.717, 1.165) is 5.56 Å².